The molecule has 0 aromatic heterocycles. The number of nitrogens with one attached hydrogen (secondary N) is 2. The Balaban J connectivity index is 0.000000223. The normalized spacial score (nSPS) is 11.6. The van der Waals surface area contributed by atoms with Gasteiger partial charge in [-0.3, -0.25) is 29.1 Å². The van der Waals surface area contributed by atoms with Gasteiger partial charge >= 0.3 is 23.3 Å². The van der Waals surface area contributed by atoms with Crippen LogP contribution in [0.3, 0.4) is 0 Å². The number of aromatic amines is 2. The number of nitrogens with zero attached hydrogens (tertiary/aromatic N) is 6. The first-order chi connectivity index (χ1) is 27.4. The fourth-order valence-electron chi connectivity index (χ4n) is 6.10. The summed E-state index contributed by atoms with van der Waals surface area (Å²) < 4.78 is 20.0. The molecule has 2 aromatic carbocycles. The van der Waals surface area contributed by atoms with Crippen LogP contribution in [0.15, 0.2) is 43.4 Å². The number of rotatable bonds is 14. The zero-order valence-electron chi connectivity index (χ0n) is 33.7. The second-order valence-electron chi connectivity index (χ2n) is 14.9. The van der Waals surface area contributed by atoms with Crippen molar-refractivity contribution in [2.45, 2.75) is 92.8 Å². The summed E-state index contributed by atoms with van der Waals surface area (Å²) in [7, 11) is 0. The Labute approximate surface area is 332 Å². The van der Waals surface area contributed by atoms with Gasteiger partial charge < -0.3 is 28.5 Å². The monoisotopic (exact) mass is 800 g/mol. The number of hydrogen-bond acceptors (Lipinski definition) is 13. The molecule has 0 aliphatic carbocycles. The van der Waals surface area contributed by atoms with E-state index in [4.69, 9.17) is 19.3 Å². The molecule has 0 saturated carbocycles. The van der Waals surface area contributed by atoms with E-state index in [1.54, 1.807) is 9.13 Å². The number of carboxylic acid groups (broad SMARTS) is 1. The summed E-state index contributed by atoms with van der Waals surface area (Å²) in [6, 6.07) is 7.70. The Kier molecular flexibility index (Phi) is 13.7. The number of benzene rings is 2. The number of carboxylic acids is 1. The fraction of sp³-hybridized carbons (Fsp3) is 0.450. The van der Waals surface area contributed by atoms with Crippen molar-refractivity contribution in [2.24, 2.45) is 0 Å². The van der Waals surface area contributed by atoms with E-state index >= 15 is 0 Å². The van der Waals surface area contributed by atoms with Crippen molar-refractivity contribution in [2.75, 3.05) is 26.4 Å². The van der Waals surface area contributed by atoms with Crippen molar-refractivity contribution in [3.63, 3.8) is 0 Å². The molecule has 18 nitrogen and oxygen atoms in total. The molecule has 0 fully saturated rings. The second-order valence-corrected chi connectivity index (χ2v) is 14.9. The van der Waals surface area contributed by atoms with Crippen molar-refractivity contribution in [1.29, 1.82) is 0 Å². The number of carbonyl (C=O) groups excluding carboxylic acids is 1. The minimum Gasteiger partial charge on any atom is -0.481 e. The molecule has 0 saturated heterocycles. The third kappa shape index (κ3) is 10.8. The van der Waals surface area contributed by atoms with Gasteiger partial charge in [-0.1, -0.05) is 0 Å². The summed E-state index contributed by atoms with van der Waals surface area (Å²) in [6.07, 6.45) is 1.28. The summed E-state index contributed by atoms with van der Waals surface area (Å²) in [6.45, 7) is 15.4. The lowest BCUT2D eigenvalue weighted by molar-refractivity contribution is -0.155. The lowest BCUT2D eigenvalue weighted by atomic mass is 10.1. The van der Waals surface area contributed by atoms with Crippen LogP contribution in [0.25, 0.3) is 45.1 Å². The molecule has 0 spiro atoms. The lowest BCUT2D eigenvalue weighted by Crippen LogP contribution is -2.29. The molecule has 4 heterocycles. The van der Waals surface area contributed by atoms with Gasteiger partial charge in [0, 0.05) is 39.1 Å². The third-order valence-corrected chi connectivity index (χ3v) is 9.14. The number of carbonyl (C=O) groups is 2. The molecule has 18 heteroatoms. The number of hydrogen-bond donors (Lipinski definition) is 3. The number of aliphatic carboxylic acids is 1. The van der Waals surface area contributed by atoms with Crippen LogP contribution in [0.5, 0.6) is 0 Å². The highest BCUT2D eigenvalue weighted by Crippen LogP contribution is 2.25. The first-order valence-electron chi connectivity index (χ1n) is 18.8. The fourth-order valence-corrected chi connectivity index (χ4v) is 6.10. The van der Waals surface area contributed by atoms with Crippen LogP contribution >= 0.6 is 0 Å². The maximum atomic E-state index is 12.3. The zero-order chi connectivity index (χ0) is 42.3. The summed E-state index contributed by atoms with van der Waals surface area (Å²) in [5.41, 5.74) is 4.10. The van der Waals surface area contributed by atoms with Crippen molar-refractivity contribution >= 4 is 34.0 Å². The van der Waals surface area contributed by atoms with Gasteiger partial charge in [-0.05, 0) is 108 Å². The van der Waals surface area contributed by atoms with Crippen LogP contribution in [0.4, 0.5) is 0 Å². The van der Waals surface area contributed by atoms with Gasteiger partial charge in [0.25, 0.3) is 11.1 Å². The molecule has 58 heavy (non-hydrogen) atoms. The van der Waals surface area contributed by atoms with Gasteiger partial charge in [-0.2, -0.15) is 9.97 Å². The average molecular weight is 801 g/mol. The van der Waals surface area contributed by atoms with Crippen LogP contribution in [-0.2, 0) is 36.9 Å². The Morgan fingerprint density at radius 1 is 0.638 bits per heavy atom. The average Bonchev–Trinajstić information content (AvgIpc) is 3.12. The molecular formula is C40H48N8O10. The number of aryl methyl sites for hydroxylation is 4. The smallest absolute Gasteiger partial charge is 0.349 e. The van der Waals surface area contributed by atoms with Gasteiger partial charge in [-0.15, -0.1) is 0 Å². The Morgan fingerprint density at radius 2 is 1.05 bits per heavy atom. The molecule has 4 aliphatic rings. The minimum absolute atomic E-state index is 0.0448. The zero-order valence-corrected chi connectivity index (χ0v) is 33.7. The van der Waals surface area contributed by atoms with Crippen LogP contribution in [0, 0.1) is 27.7 Å². The maximum absolute atomic E-state index is 12.3. The molecule has 0 atom stereocenters. The first-order valence-corrected chi connectivity index (χ1v) is 18.8. The quantitative estimate of drug-likeness (QED) is 0.0813. The predicted molar refractivity (Wildman–Crippen MR) is 215 cm³/mol. The Hall–Kier alpha value is -6.14. The van der Waals surface area contributed by atoms with Gasteiger partial charge in [0.05, 0.1) is 35.3 Å². The molecule has 0 bridgehead atoms. The molecule has 6 rings (SSSR count). The van der Waals surface area contributed by atoms with E-state index in [1.807, 2.05) is 72.7 Å². The first kappa shape index (κ1) is 43.0. The van der Waals surface area contributed by atoms with E-state index in [2.05, 4.69) is 29.9 Å². The molecule has 0 radical (unpaired) electrons. The second kappa shape index (κ2) is 18.4. The molecule has 4 aliphatic heterocycles. The third-order valence-electron chi connectivity index (χ3n) is 9.14. The van der Waals surface area contributed by atoms with Crippen LogP contribution in [0.1, 0.15) is 68.7 Å². The summed E-state index contributed by atoms with van der Waals surface area (Å²) in [4.78, 5) is 91.3. The highest BCUT2D eigenvalue weighted by atomic mass is 16.6. The standard InChI is InChI=1S/C22H28N4O5.C18H20N4O5/c1-13-11-15-16(12-14(13)2)26(19-18(23-15)20(28)25-21(29)24-19)8-10-30-9-6-7-17(27)31-22(3,4)5;1-10-8-12-13(9-11(10)2)22(5-7-27-6-3-4-14(23)24)16-15(19-12)17(25)21-18(26)20-16/h11-12H,6-10H2,1-5H3,(H,25,28,29);8-9H,3-7H2,1-2H3,(H,23,24)(H,21,25,26). The van der Waals surface area contributed by atoms with Gasteiger partial charge in [0.15, 0.2) is 23.0 Å². The van der Waals surface area contributed by atoms with Crippen LogP contribution < -0.4 is 22.5 Å². The molecule has 2 aromatic rings. The van der Waals surface area contributed by atoms with Crippen LogP contribution in [0.2, 0.25) is 0 Å². The molecule has 0 amide bonds. The van der Waals surface area contributed by atoms with E-state index in [9.17, 15) is 28.8 Å². The molecule has 0 unspecified atom stereocenters. The maximum Gasteiger partial charge on any atom is 0.349 e. The summed E-state index contributed by atoms with van der Waals surface area (Å²) >= 11 is 0. The topological polar surface area (TPSA) is 243 Å². The minimum atomic E-state index is -0.864. The largest absolute Gasteiger partial charge is 0.481 e. The van der Waals surface area contributed by atoms with E-state index in [0.717, 1.165) is 33.3 Å². The molecule has 3 N–H and O–H groups in total. The Morgan fingerprint density at radius 3 is 1.47 bits per heavy atom. The molecule has 308 valence electrons. The van der Waals surface area contributed by atoms with Crippen molar-refractivity contribution < 1.29 is 28.9 Å². The van der Waals surface area contributed by atoms with Gasteiger partial charge in [0.2, 0.25) is 0 Å². The highest BCUT2D eigenvalue weighted by Gasteiger charge is 2.21. The number of fused-ring (bicyclic) bond motifs is 4. The Bertz CT molecular complexity index is 2640. The van der Waals surface area contributed by atoms with E-state index in [1.165, 1.54) is 0 Å². The van der Waals surface area contributed by atoms with Crippen molar-refractivity contribution in [3.05, 3.63) is 88.2 Å². The predicted octanol–water partition coefficient (Wildman–Crippen LogP) is 3.42. The highest BCUT2D eigenvalue weighted by molar-refractivity contribution is 5.82. The van der Waals surface area contributed by atoms with Crippen LogP contribution in [-0.4, -0.2) is 88.1 Å². The number of H-pyrrole nitrogens is 2. The SMILES string of the molecule is Cc1cc2nc3c(=O)[nH]c(=O)nc-3n(CCOCCCC(=O)O)c2cc1C.Cc1cc2nc3c(=O)[nH]c(=O)nc-3n(CCOCCCC(=O)OC(C)(C)C)c2cc1C. The summed E-state index contributed by atoms with van der Waals surface area (Å²) in [5.74, 6) is -0.694. The molecular weight excluding hydrogens is 752 g/mol. The summed E-state index contributed by atoms with van der Waals surface area (Å²) in [5, 5.41) is 8.65. The number of ether oxygens (including phenoxy) is 3. The number of esters is 1. The van der Waals surface area contributed by atoms with E-state index < -0.39 is 34.1 Å². The van der Waals surface area contributed by atoms with Gasteiger partial charge in [0.1, 0.15) is 5.60 Å². The number of aromatic nitrogens is 8. The van der Waals surface area contributed by atoms with E-state index in [-0.39, 0.29) is 48.5 Å². The van der Waals surface area contributed by atoms with Gasteiger partial charge in [-0.25, -0.2) is 19.6 Å². The van der Waals surface area contributed by atoms with E-state index in [0.29, 0.717) is 56.8 Å². The lowest BCUT2D eigenvalue weighted by Gasteiger charge is -2.19. The van der Waals surface area contributed by atoms with Crippen molar-refractivity contribution in [1.82, 2.24) is 39.0 Å². The van der Waals surface area contributed by atoms with Crippen molar-refractivity contribution in [3.8, 4) is 23.0 Å².